The monoisotopic (exact) mass is 212 g/mol. The van der Waals surface area contributed by atoms with Crippen molar-refractivity contribution in [2.45, 2.75) is 19.1 Å². The Balaban J connectivity index is 1.97. The van der Waals surface area contributed by atoms with Gasteiger partial charge in [-0.05, 0) is 18.6 Å². The SMILES string of the molecule is OC1CCN(Cc2cc(Cl)ccn2)C1. The molecule has 0 aromatic carbocycles. The zero-order chi connectivity index (χ0) is 9.97. The zero-order valence-electron chi connectivity index (χ0n) is 7.86. The average molecular weight is 213 g/mol. The summed E-state index contributed by atoms with van der Waals surface area (Å²) in [5.41, 5.74) is 0.964. The number of hydrogen-bond donors (Lipinski definition) is 1. The molecule has 1 aliphatic rings. The molecule has 1 saturated heterocycles. The Bertz CT molecular complexity index is 319. The van der Waals surface area contributed by atoms with E-state index in [1.165, 1.54) is 0 Å². The summed E-state index contributed by atoms with van der Waals surface area (Å²) in [5, 5.41) is 10.1. The van der Waals surface area contributed by atoms with Gasteiger partial charge < -0.3 is 5.11 Å². The van der Waals surface area contributed by atoms with Crippen LogP contribution in [0.15, 0.2) is 18.3 Å². The predicted molar refractivity (Wildman–Crippen MR) is 55.1 cm³/mol. The molecule has 3 nitrogen and oxygen atoms in total. The van der Waals surface area contributed by atoms with Gasteiger partial charge in [-0.2, -0.15) is 0 Å². The minimum Gasteiger partial charge on any atom is -0.392 e. The molecule has 1 N–H and O–H groups in total. The first-order valence-electron chi connectivity index (χ1n) is 4.75. The Hall–Kier alpha value is -0.640. The van der Waals surface area contributed by atoms with Gasteiger partial charge in [0.2, 0.25) is 0 Å². The lowest BCUT2D eigenvalue weighted by molar-refractivity contribution is 0.174. The Morgan fingerprint density at radius 3 is 3.14 bits per heavy atom. The molecule has 0 radical (unpaired) electrons. The molecule has 14 heavy (non-hydrogen) atoms. The van der Waals surface area contributed by atoms with E-state index in [-0.39, 0.29) is 6.10 Å². The lowest BCUT2D eigenvalue weighted by Gasteiger charge is -2.13. The van der Waals surface area contributed by atoms with Crippen LogP contribution in [0.5, 0.6) is 0 Å². The van der Waals surface area contributed by atoms with Gasteiger partial charge in [0.05, 0.1) is 11.8 Å². The third kappa shape index (κ3) is 2.44. The third-order valence-electron chi connectivity index (χ3n) is 2.41. The van der Waals surface area contributed by atoms with E-state index in [9.17, 15) is 5.11 Å². The minimum atomic E-state index is -0.172. The second-order valence-corrected chi connectivity index (χ2v) is 4.08. The maximum Gasteiger partial charge on any atom is 0.0679 e. The molecule has 0 bridgehead atoms. The topological polar surface area (TPSA) is 36.4 Å². The summed E-state index contributed by atoms with van der Waals surface area (Å²) >= 11 is 5.85. The highest BCUT2D eigenvalue weighted by Crippen LogP contribution is 2.14. The van der Waals surface area contributed by atoms with Crippen molar-refractivity contribution in [3.8, 4) is 0 Å². The van der Waals surface area contributed by atoms with Crippen LogP contribution in [0.4, 0.5) is 0 Å². The number of hydrogen-bond acceptors (Lipinski definition) is 3. The summed E-state index contributed by atoms with van der Waals surface area (Å²) in [7, 11) is 0. The maximum absolute atomic E-state index is 9.34. The fraction of sp³-hybridized carbons (Fsp3) is 0.500. The molecule has 4 heteroatoms. The van der Waals surface area contributed by atoms with Gasteiger partial charge in [-0.3, -0.25) is 9.88 Å². The van der Waals surface area contributed by atoms with Crippen LogP contribution < -0.4 is 0 Å². The average Bonchev–Trinajstić information content (AvgIpc) is 2.51. The molecule has 1 aromatic heterocycles. The van der Waals surface area contributed by atoms with Crippen LogP contribution in [0, 0.1) is 0 Å². The second kappa shape index (κ2) is 4.26. The molecule has 76 valence electrons. The molecule has 0 spiro atoms. The van der Waals surface area contributed by atoms with E-state index >= 15 is 0 Å². The first-order valence-corrected chi connectivity index (χ1v) is 5.13. The van der Waals surface area contributed by atoms with Crippen LogP contribution in [0.3, 0.4) is 0 Å². The Kier molecular flexibility index (Phi) is 3.01. The fourth-order valence-electron chi connectivity index (χ4n) is 1.72. The van der Waals surface area contributed by atoms with E-state index in [1.54, 1.807) is 12.3 Å². The van der Waals surface area contributed by atoms with Crippen molar-refractivity contribution in [3.63, 3.8) is 0 Å². The Morgan fingerprint density at radius 2 is 2.50 bits per heavy atom. The molecular weight excluding hydrogens is 200 g/mol. The van der Waals surface area contributed by atoms with Gasteiger partial charge in [0.25, 0.3) is 0 Å². The van der Waals surface area contributed by atoms with Crippen LogP contribution in [-0.2, 0) is 6.54 Å². The van der Waals surface area contributed by atoms with E-state index in [0.29, 0.717) is 0 Å². The first-order chi connectivity index (χ1) is 6.74. The molecular formula is C10H13ClN2O. The van der Waals surface area contributed by atoms with Crippen molar-refractivity contribution < 1.29 is 5.11 Å². The first kappa shape index (κ1) is 9.90. The highest BCUT2D eigenvalue weighted by atomic mass is 35.5. The summed E-state index contributed by atoms with van der Waals surface area (Å²) in [6, 6.07) is 3.64. The summed E-state index contributed by atoms with van der Waals surface area (Å²) in [5.74, 6) is 0. The number of aliphatic hydroxyl groups is 1. The zero-order valence-corrected chi connectivity index (χ0v) is 8.61. The number of likely N-dealkylation sites (tertiary alicyclic amines) is 1. The summed E-state index contributed by atoms with van der Waals surface area (Å²) in [6.45, 7) is 2.46. The van der Waals surface area contributed by atoms with Gasteiger partial charge in [0, 0.05) is 30.9 Å². The van der Waals surface area contributed by atoms with E-state index < -0.39 is 0 Å². The minimum absolute atomic E-state index is 0.172. The Morgan fingerprint density at radius 1 is 1.64 bits per heavy atom. The third-order valence-corrected chi connectivity index (χ3v) is 2.65. The van der Waals surface area contributed by atoms with Crippen molar-refractivity contribution >= 4 is 11.6 Å². The maximum atomic E-state index is 9.34. The molecule has 0 aliphatic carbocycles. The number of nitrogens with zero attached hydrogens (tertiary/aromatic N) is 2. The summed E-state index contributed by atoms with van der Waals surface area (Å²) in [6.07, 6.45) is 2.40. The van der Waals surface area contributed by atoms with Gasteiger partial charge in [-0.25, -0.2) is 0 Å². The quantitative estimate of drug-likeness (QED) is 0.803. The predicted octanol–water partition coefficient (Wildman–Crippen LogP) is 1.30. The van der Waals surface area contributed by atoms with E-state index in [4.69, 9.17) is 11.6 Å². The smallest absolute Gasteiger partial charge is 0.0679 e. The molecule has 1 fully saturated rings. The number of aliphatic hydroxyl groups excluding tert-OH is 1. The van der Waals surface area contributed by atoms with Gasteiger partial charge in [0.1, 0.15) is 0 Å². The number of pyridine rings is 1. The van der Waals surface area contributed by atoms with E-state index in [0.717, 1.165) is 36.8 Å². The van der Waals surface area contributed by atoms with Gasteiger partial charge in [-0.1, -0.05) is 11.6 Å². The van der Waals surface area contributed by atoms with Crippen molar-refractivity contribution in [2.24, 2.45) is 0 Å². The summed E-state index contributed by atoms with van der Waals surface area (Å²) < 4.78 is 0. The molecule has 1 aliphatic heterocycles. The summed E-state index contributed by atoms with van der Waals surface area (Å²) in [4.78, 5) is 6.40. The molecule has 1 atom stereocenters. The molecule has 0 saturated carbocycles. The van der Waals surface area contributed by atoms with Gasteiger partial charge >= 0.3 is 0 Å². The molecule has 1 unspecified atom stereocenters. The standard InChI is InChI=1S/C10H13ClN2O/c11-8-1-3-12-9(5-8)6-13-4-2-10(14)7-13/h1,3,5,10,14H,2,4,6-7H2. The highest BCUT2D eigenvalue weighted by Gasteiger charge is 2.20. The van der Waals surface area contributed by atoms with Crippen LogP contribution in [0.2, 0.25) is 5.02 Å². The van der Waals surface area contributed by atoms with Crippen molar-refractivity contribution in [3.05, 3.63) is 29.0 Å². The number of β-amino-alcohol motifs (C(OH)–C–C–N with tert-alkyl or cyclic N) is 1. The molecule has 2 rings (SSSR count). The van der Waals surface area contributed by atoms with E-state index in [1.807, 2.05) is 6.07 Å². The molecule has 0 amide bonds. The van der Waals surface area contributed by atoms with Gasteiger partial charge in [0.15, 0.2) is 0 Å². The van der Waals surface area contributed by atoms with E-state index in [2.05, 4.69) is 9.88 Å². The lowest BCUT2D eigenvalue weighted by Crippen LogP contribution is -2.21. The lowest BCUT2D eigenvalue weighted by atomic mass is 10.3. The van der Waals surface area contributed by atoms with Crippen LogP contribution >= 0.6 is 11.6 Å². The van der Waals surface area contributed by atoms with Crippen LogP contribution in [-0.4, -0.2) is 34.2 Å². The Labute approximate surface area is 88.3 Å². The fourth-order valence-corrected chi connectivity index (χ4v) is 1.90. The van der Waals surface area contributed by atoms with Gasteiger partial charge in [-0.15, -0.1) is 0 Å². The number of rotatable bonds is 2. The van der Waals surface area contributed by atoms with Crippen molar-refractivity contribution in [1.29, 1.82) is 0 Å². The van der Waals surface area contributed by atoms with Crippen molar-refractivity contribution in [2.75, 3.05) is 13.1 Å². The van der Waals surface area contributed by atoms with Crippen LogP contribution in [0.1, 0.15) is 12.1 Å². The molecule has 1 aromatic rings. The molecule has 2 heterocycles. The largest absolute Gasteiger partial charge is 0.392 e. The van der Waals surface area contributed by atoms with Crippen molar-refractivity contribution in [1.82, 2.24) is 9.88 Å². The van der Waals surface area contributed by atoms with Crippen LogP contribution in [0.25, 0.3) is 0 Å². The number of aromatic nitrogens is 1. The second-order valence-electron chi connectivity index (χ2n) is 3.64. The number of halogens is 1. The normalized spacial score (nSPS) is 22.9. The highest BCUT2D eigenvalue weighted by molar-refractivity contribution is 6.30.